The largest absolute Gasteiger partial charge is 0.469 e. The number of esters is 4. The van der Waals surface area contributed by atoms with Crippen LogP contribution in [0.4, 0.5) is 0 Å². The molecule has 1 unspecified atom stereocenters. The van der Waals surface area contributed by atoms with Gasteiger partial charge in [0.2, 0.25) is 0 Å². The van der Waals surface area contributed by atoms with Gasteiger partial charge in [-0.05, 0) is 0 Å². The molecule has 0 saturated heterocycles. The zero-order valence-electron chi connectivity index (χ0n) is 17.1. The SMILES string of the molecule is C.C#C.CO.COC(=O)CC(=O)OC(CO)CO.COC(=O)CC(=O)OCC(O)CO. The molecule has 0 heterocycles. The van der Waals surface area contributed by atoms with E-state index in [9.17, 15) is 19.2 Å². The van der Waals surface area contributed by atoms with Crippen molar-refractivity contribution >= 4 is 23.9 Å². The minimum atomic E-state index is -1.11. The normalized spacial score (nSPS) is 9.39. The Bertz CT molecular complexity index is 472. The molecule has 0 aliphatic rings. The summed E-state index contributed by atoms with van der Waals surface area (Å²) in [7, 11) is 3.30. The summed E-state index contributed by atoms with van der Waals surface area (Å²) in [5.74, 6) is -3.05. The molecule has 0 aliphatic heterocycles. The van der Waals surface area contributed by atoms with Gasteiger partial charge in [-0.3, -0.25) is 19.2 Å². The molecular formula is C18H34O13. The molecule has 0 rings (SSSR count). The number of aliphatic hydroxyl groups excluding tert-OH is 5. The summed E-state index contributed by atoms with van der Waals surface area (Å²) in [6.07, 6.45) is 4.90. The van der Waals surface area contributed by atoms with Crippen molar-refractivity contribution < 1.29 is 63.7 Å². The molecule has 0 amide bonds. The Hall–Kier alpha value is -2.76. The Balaban J connectivity index is -0.000000122. The van der Waals surface area contributed by atoms with E-state index in [2.05, 4.69) is 31.8 Å². The van der Waals surface area contributed by atoms with Crippen LogP contribution in [0.5, 0.6) is 0 Å². The number of terminal acetylenes is 1. The van der Waals surface area contributed by atoms with Crippen molar-refractivity contribution in [1.82, 2.24) is 0 Å². The van der Waals surface area contributed by atoms with Crippen LogP contribution in [0.1, 0.15) is 20.3 Å². The first-order chi connectivity index (χ1) is 14.2. The van der Waals surface area contributed by atoms with Crippen LogP contribution in [-0.2, 0) is 38.1 Å². The quantitative estimate of drug-likeness (QED) is 0.0985. The Morgan fingerprint density at radius 3 is 1.48 bits per heavy atom. The Labute approximate surface area is 181 Å². The zero-order chi connectivity index (χ0) is 24.5. The van der Waals surface area contributed by atoms with Crippen molar-refractivity contribution in [2.24, 2.45) is 0 Å². The van der Waals surface area contributed by atoms with Gasteiger partial charge in [-0.1, -0.05) is 7.43 Å². The fourth-order valence-corrected chi connectivity index (χ4v) is 1.03. The molecule has 13 heteroatoms. The molecule has 0 aromatic rings. The van der Waals surface area contributed by atoms with E-state index < -0.39 is 68.7 Å². The first kappa shape index (κ1) is 38.8. The maximum absolute atomic E-state index is 10.8. The third-order valence-electron chi connectivity index (χ3n) is 2.39. The minimum Gasteiger partial charge on any atom is -0.469 e. The standard InChI is InChI=1S/2C7H12O6.C2H2.CH4O.CH4/c1-12-6(10)2-7(11)13-4-5(9)3-8;1-12-6(10)2-7(11)13-5(3-8)4-9;2*1-2;/h2*5,8-9H,2-4H2,1H3;1-2H;2H,1H3;1H4. The number of ether oxygens (including phenoxy) is 4. The van der Waals surface area contributed by atoms with Crippen LogP contribution in [0.25, 0.3) is 0 Å². The molecule has 13 nitrogen and oxygen atoms in total. The summed E-state index contributed by atoms with van der Waals surface area (Å²) in [5.41, 5.74) is 0. The number of aliphatic hydroxyl groups is 5. The molecule has 0 radical (unpaired) electrons. The molecule has 0 fully saturated rings. The van der Waals surface area contributed by atoms with Gasteiger partial charge >= 0.3 is 23.9 Å². The van der Waals surface area contributed by atoms with Crippen molar-refractivity contribution in [2.45, 2.75) is 32.5 Å². The van der Waals surface area contributed by atoms with Crippen LogP contribution < -0.4 is 0 Å². The first-order valence-electron chi connectivity index (χ1n) is 8.01. The molecule has 184 valence electrons. The van der Waals surface area contributed by atoms with Crippen LogP contribution in [0, 0.1) is 12.8 Å². The number of hydrogen-bond donors (Lipinski definition) is 5. The van der Waals surface area contributed by atoms with Crippen molar-refractivity contribution in [3.63, 3.8) is 0 Å². The zero-order valence-corrected chi connectivity index (χ0v) is 17.1. The number of carbonyl (C=O) groups excluding carboxylic acids is 4. The first-order valence-corrected chi connectivity index (χ1v) is 8.01. The molecule has 0 aromatic carbocycles. The van der Waals surface area contributed by atoms with Gasteiger partial charge in [0.1, 0.15) is 31.7 Å². The molecular weight excluding hydrogens is 424 g/mol. The number of methoxy groups -OCH3 is 2. The number of rotatable bonds is 10. The second-order valence-electron chi connectivity index (χ2n) is 4.50. The van der Waals surface area contributed by atoms with E-state index in [1.54, 1.807) is 0 Å². The lowest BCUT2D eigenvalue weighted by Gasteiger charge is -2.11. The van der Waals surface area contributed by atoms with Crippen molar-refractivity contribution in [3.05, 3.63) is 0 Å². The van der Waals surface area contributed by atoms with Crippen molar-refractivity contribution in [1.29, 1.82) is 0 Å². The van der Waals surface area contributed by atoms with E-state index in [1.807, 2.05) is 0 Å². The van der Waals surface area contributed by atoms with Gasteiger partial charge in [-0.25, -0.2) is 0 Å². The molecule has 0 saturated carbocycles. The van der Waals surface area contributed by atoms with Gasteiger partial charge in [0, 0.05) is 7.11 Å². The topological polar surface area (TPSA) is 206 Å². The monoisotopic (exact) mass is 458 g/mol. The van der Waals surface area contributed by atoms with Crippen LogP contribution in [0.15, 0.2) is 0 Å². The van der Waals surface area contributed by atoms with Crippen LogP contribution in [0.2, 0.25) is 0 Å². The van der Waals surface area contributed by atoms with Gasteiger partial charge < -0.3 is 44.5 Å². The minimum absolute atomic E-state index is 0. The lowest BCUT2D eigenvalue weighted by atomic mass is 10.4. The highest BCUT2D eigenvalue weighted by molar-refractivity contribution is 5.91. The fraction of sp³-hybridized carbons (Fsp3) is 0.667. The number of hydrogen-bond acceptors (Lipinski definition) is 13. The third kappa shape index (κ3) is 29.5. The highest BCUT2D eigenvalue weighted by atomic mass is 16.6. The molecule has 0 bridgehead atoms. The average molecular weight is 458 g/mol. The van der Waals surface area contributed by atoms with E-state index in [-0.39, 0.29) is 14.0 Å². The summed E-state index contributed by atoms with van der Waals surface area (Å²) in [4.78, 5) is 42.5. The maximum Gasteiger partial charge on any atom is 0.317 e. The second-order valence-corrected chi connectivity index (χ2v) is 4.50. The predicted octanol–water partition coefficient (Wildman–Crippen LogP) is -2.61. The highest BCUT2D eigenvalue weighted by Crippen LogP contribution is 1.95. The van der Waals surface area contributed by atoms with Crippen LogP contribution in [0.3, 0.4) is 0 Å². The van der Waals surface area contributed by atoms with Gasteiger partial charge in [0.05, 0.1) is 34.0 Å². The van der Waals surface area contributed by atoms with Crippen molar-refractivity contribution in [3.8, 4) is 12.8 Å². The fourth-order valence-electron chi connectivity index (χ4n) is 1.03. The second kappa shape index (κ2) is 29.4. The van der Waals surface area contributed by atoms with E-state index in [1.165, 1.54) is 0 Å². The van der Waals surface area contributed by atoms with E-state index >= 15 is 0 Å². The number of carbonyl (C=O) groups is 4. The summed E-state index contributed by atoms with van der Waals surface area (Å²) in [5, 5.41) is 41.1. The van der Waals surface area contributed by atoms with Gasteiger partial charge in [-0.15, -0.1) is 12.8 Å². The summed E-state index contributed by atoms with van der Waals surface area (Å²) < 4.78 is 17.3. The molecule has 0 aliphatic carbocycles. The molecule has 0 spiro atoms. The van der Waals surface area contributed by atoms with E-state index in [4.69, 9.17) is 25.5 Å². The Morgan fingerprint density at radius 1 is 0.774 bits per heavy atom. The lowest BCUT2D eigenvalue weighted by Crippen LogP contribution is -2.26. The highest BCUT2D eigenvalue weighted by Gasteiger charge is 2.16. The third-order valence-corrected chi connectivity index (χ3v) is 2.39. The molecule has 31 heavy (non-hydrogen) atoms. The summed E-state index contributed by atoms with van der Waals surface area (Å²) in [6, 6.07) is 0. The molecule has 5 N–H and O–H groups in total. The van der Waals surface area contributed by atoms with Gasteiger partial charge in [0.25, 0.3) is 0 Å². The van der Waals surface area contributed by atoms with Crippen LogP contribution >= 0.6 is 0 Å². The predicted molar refractivity (Wildman–Crippen MR) is 106 cm³/mol. The van der Waals surface area contributed by atoms with E-state index in [0.29, 0.717) is 0 Å². The summed E-state index contributed by atoms with van der Waals surface area (Å²) >= 11 is 0. The average Bonchev–Trinajstić information content (AvgIpc) is 2.78. The van der Waals surface area contributed by atoms with Crippen LogP contribution in [-0.4, -0.2) is 109 Å². The Kier molecular flexibility index (Phi) is 36.8. The smallest absolute Gasteiger partial charge is 0.317 e. The molecule has 0 aromatic heterocycles. The Morgan fingerprint density at radius 2 is 1.16 bits per heavy atom. The summed E-state index contributed by atoms with van der Waals surface area (Å²) in [6.45, 7) is -1.79. The lowest BCUT2D eigenvalue weighted by molar-refractivity contribution is -0.160. The molecule has 1 atom stereocenters. The maximum atomic E-state index is 10.8. The van der Waals surface area contributed by atoms with Gasteiger partial charge in [-0.2, -0.15) is 0 Å². The van der Waals surface area contributed by atoms with E-state index in [0.717, 1.165) is 21.3 Å². The van der Waals surface area contributed by atoms with Gasteiger partial charge in [0.15, 0.2) is 0 Å². The van der Waals surface area contributed by atoms with Crippen molar-refractivity contribution in [2.75, 3.05) is 47.8 Å².